The standard InChI is InChI=1S/C17H12ClF3N4/c18-11-3-4-14(13(8-11)17(19,20)21)25-16-12(5-7-23-16)15(24-25)10-2-1-6-22-9-10/h1-4,6,8-9,23H,5,7H2. The highest BCUT2D eigenvalue weighted by atomic mass is 35.5. The minimum atomic E-state index is -4.54. The van der Waals surface area contributed by atoms with Crippen molar-refractivity contribution < 1.29 is 13.2 Å². The molecule has 4 nitrogen and oxygen atoms in total. The lowest BCUT2D eigenvalue weighted by atomic mass is 10.1. The van der Waals surface area contributed by atoms with Crippen LogP contribution in [0.25, 0.3) is 16.9 Å². The lowest BCUT2D eigenvalue weighted by Crippen LogP contribution is -2.13. The molecule has 1 aliphatic heterocycles. The van der Waals surface area contributed by atoms with E-state index in [4.69, 9.17) is 11.6 Å². The van der Waals surface area contributed by atoms with E-state index < -0.39 is 11.7 Å². The minimum Gasteiger partial charge on any atom is -0.369 e. The van der Waals surface area contributed by atoms with Crippen molar-refractivity contribution in [1.29, 1.82) is 0 Å². The third-order valence-corrected chi connectivity index (χ3v) is 4.31. The second-order valence-electron chi connectivity index (χ2n) is 5.67. The molecule has 1 N–H and O–H groups in total. The predicted octanol–water partition coefficient (Wildman–Crippen LogP) is 4.57. The fourth-order valence-corrected chi connectivity index (χ4v) is 3.18. The highest BCUT2D eigenvalue weighted by Crippen LogP contribution is 2.39. The summed E-state index contributed by atoms with van der Waals surface area (Å²) in [4.78, 5) is 4.07. The second kappa shape index (κ2) is 5.77. The number of nitrogens with zero attached hydrogens (tertiary/aromatic N) is 3. The number of fused-ring (bicyclic) bond motifs is 1. The van der Waals surface area contributed by atoms with Gasteiger partial charge in [-0.2, -0.15) is 18.3 Å². The van der Waals surface area contributed by atoms with E-state index in [2.05, 4.69) is 15.4 Å². The summed E-state index contributed by atoms with van der Waals surface area (Å²) in [5.41, 5.74) is 1.41. The van der Waals surface area contributed by atoms with E-state index in [-0.39, 0.29) is 10.7 Å². The number of halogens is 4. The Bertz CT molecular complexity index is 935. The minimum absolute atomic E-state index is 0.0281. The molecule has 3 heterocycles. The Balaban J connectivity index is 1.94. The number of rotatable bonds is 2. The zero-order chi connectivity index (χ0) is 17.6. The van der Waals surface area contributed by atoms with Crippen LogP contribution in [0.15, 0.2) is 42.7 Å². The van der Waals surface area contributed by atoms with Crippen LogP contribution in [0.5, 0.6) is 0 Å². The molecule has 1 aromatic carbocycles. The van der Waals surface area contributed by atoms with Crippen molar-refractivity contribution in [3.05, 3.63) is 58.9 Å². The Morgan fingerprint density at radius 2 is 2.04 bits per heavy atom. The summed E-state index contributed by atoms with van der Waals surface area (Å²) in [5, 5.41) is 7.61. The van der Waals surface area contributed by atoms with Crippen LogP contribution in [-0.2, 0) is 12.6 Å². The summed E-state index contributed by atoms with van der Waals surface area (Å²) in [5.74, 6) is 0.576. The first-order chi connectivity index (χ1) is 11.9. The van der Waals surface area contributed by atoms with Gasteiger partial charge in [-0.15, -0.1) is 0 Å². The van der Waals surface area contributed by atoms with Crippen molar-refractivity contribution in [3.63, 3.8) is 0 Å². The second-order valence-corrected chi connectivity index (χ2v) is 6.10. The van der Waals surface area contributed by atoms with Gasteiger partial charge in [-0.3, -0.25) is 4.98 Å². The largest absolute Gasteiger partial charge is 0.418 e. The number of alkyl halides is 3. The third kappa shape index (κ3) is 2.74. The van der Waals surface area contributed by atoms with Crippen LogP contribution in [0.4, 0.5) is 19.0 Å². The van der Waals surface area contributed by atoms with Gasteiger partial charge in [-0.1, -0.05) is 11.6 Å². The summed E-state index contributed by atoms with van der Waals surface area (Å²) in [6.45, 7) is 0.648. The average molecular weight is 365 g/mol. The predicted molar refractivity (Wildman–Crippen MR) is 89.0 cm³/mol. The van der Waals surface area contributed by atoms with E-state index >= 15 is 0 Å². The maximum absolute atomic E-state index is 13.5. The highest BCUT2D eigenvalue weighted by Gasteiger charge is 2.36. The van der Waals surface area contributed by atoms with E-state index in [1.807, 2.05) is 6.07 Å². The molecule has 0 saturated heterocycles. The molecule has 0 fully saturated rings. The maximum atomic E-state index is 13.5. The summed E-state index contributed by atoms with van der Waals surface area (Å²) < 4.78 is 41.7. The number of hydrogen-bond acceptors (Lipinski definition) is 3. The molecule has 0 aliphatic carbocycles. The molecule has 2 aromatic heterocycles. The summed E-state index contributed by atoms with van der Waals surface area (Å²) in [7, 11) is 0. The topological polar surface area (TPSA) is 42.7 Å². The van der Waals surface area contributed by atoms with E-state index in [9.17, 15) is 13.2 Å². The quantitative estimate of drug-likeness (QED) is 0.724. The smallest absolute Gasteiger partial charge is 0.369 e. The van der Waals surface area contributed by atoms with Crippen molar-refractivity contribution in [3.8, 4) is 16.9 Å². The molecule has 4 rings (SSSR count). The molecule has 0 radical (unpaired) electrons. The summed E-state index contributed by atoms with van der Waals surface area (Å²) in [6.07, 6.45) is -0.557. The Kier molecular flexibility index (Phi) is 3.68. The third-order valence-electron chi connectivity index (χ3n) is 4.08. The van der Waals surface area contributed by atoms with Crippen LogP contribution in [-0.4, -0.2) is 21.3 Å². The first-order valence-electron chi connectivity index (χ1n) is 7.58. The molecule has 0 amide bonds. The average Bonchev–Trinajstić information content (AvgIpc) is 3.17. The first kappa shape index (κ1) is 16.0. The SMILES string of the molecule is FC(F)(F)c1cc(Cl)ccc1-n1nc(-c2cccnc2)c2c1NCC2. The molecule has 0 atom stereocenters. The van der Waals surface area contributed by atoms with E-state index in [1.54, 1.807) is 18.5 Å². The molecule has 128 valence electrons. The zero-order valence-corrected chi connectivity index (χ0v) is 13.6. The number of nitrogens with one attached hydrogen (secondary N) is 1. The summed E-state index contributed by atoms with van der Waals surface area (Å²) in [6, 6.07) is 7.30. The molecule has 0 unspecified atom stereocenters. The molecule has 25 heavy (non-hydrogen) atoms. The van der Waals surface area contributed by atoms with Gasteiger partial charge in [-0.05, 0) is 36.8 Å². The Morgan fingerprint density at radius 1 is 1.20 bits per heavy atom. The number of pyridine rings is 1. The Hall–Kier alpha value is -2.54. The molecule has 0 bridgehead atoms. The van der Waals surface area contributed by atoms with Crippen LogP contribution in [0.2, 0.25) is 5.02 Å². The van der Waals surface area contributed by atoms with Gasteiger partial charge in [0.05, 0.1) is 16.9 Å². The van der Waals surface area contributed by atoms with Crippen LogP contribution in [0.1, 0.15) is 11.1 Å². The van der Waals surface area contributed by atoms with Crippen LogP contribution in [0.3, 0.4) is 0 Å². The van der Waals surface area contributed by atoms with Crippen molar-refractivity contribution in [2.75, 3.05) is 11.9 Å². The van der Waals surface area contributed by atoms with Gasteiger partial charge >= 0.3 is 6.18 Å². The van der Waals surface area contributed by atoms with Gasteiger partial charge in [0.15, 0.2) is 0 Å². The van der Waals surface area contributed by atoms with E-state index in [0.717, 1.165) is 17.2 Å². The van der Waals surface area contributed by atoms with Gasteiger partial charge in [0.1, 0.15) is 5.82 Å². The maximum Gasteiger partial charge on any atom is 0.418 e. The van der Waals surface area contributed by atoms with E-state index in [1.165, 1.54) is 16.8 Å². The van der Waals surface area contributed by atoms with Gasteiger partial charge < -0.3 is 5.32 Å². The lowest BCUT2D eigenvalue weighted by molar-refractivity contribution is -0.137. The van der Waals surface area contributed by atoms with Crippen molar-refractivity contribution in [1.82, 2.24) is 14.8 Å². The van der Waals surface area contributed by atoms with Gasteiger partial charge in [0, 0.05) is 35.1 Å². The summed E-state index contributed by atoms with van der Waals surface area (Å²) >= 11 is 5.78. The normalized spacial score (nSPS) is 13.6. The molecule has 0 spiro atoms. The van der Waals surface area contributed by atoms with Crippen LogP contribution < -0.4 is 5.32 Å². The van der Waals surface area contributed by atoms with Gasteiger partial charge in [0.25, 0.3) is 0 Å². The van der Waals surface area contributed by atoms with Crippen LogP contribution in [0, 0.1) is 0 Å². The Labute approximate surface area is 146 Å². The van der Waals surface area contributed by atoms with Gasteiger partial charge in [0.2, 0.25) is 0 Å². The fourth-order valence-electron chi connectivity index (χ4n) is 3.00. The molecular weight excluding hydrogens is 353 g/mol. The first-order valence-corrected chi connectivity index (χ1v) is 7.96. The van der Waals surface area contributed by atoms with Crippen molar-refractivity contribution in [2.24, 2.45) is 0 Å². The van der Waals surface area contributed by atoms with Crippen LogP contribution >= 0.6 is 11.6 Å². The zero-order valence-electron chi connectivity index (χ0n) is 12.8. The number of aromatic nitrogens is 3. The highest BCUT2D eigenvalue weighted by molar-refractivity contribution is 6.30. The number of anilines is 1. The molecule has 1 aliphatic rings. The van der Waals surface area contributed by atoms with Crippen molar-refractivity contribution in [2.45, 2.75) is 12.6 Å². The molecule has 3 aromatic rings. The number of benzene rings is 1. The Morgan fingerprint density at radius 3 is 2.76 bits per heavy atom. The monoisotopic (exact) mass is 364 g/mol. The molecular formula is C17H12ClF3N4. The lowest BCUT2D eigenvalue weighted by Gasteiger charge is -2.15. The molecule has 0 saturated carbocycles. The fraction of sp³-hybridized carbons (Fsp3) is 0.176. The van der Waals surface area contributed by atoms with E-state index in [0.29, 0.717) is 24.5 Å². The van der Waals surface area contributed by atoms with Crippen molar-refractivity contribution >= 4 is 17.4 Å². The number of hydrogen-bond donors (Lipinski definition) is 1. The van der Waals surface area contributed by atoms with Gasteiger partial charge in [-0.25, -0.2) is 4.68 Å². The molecule has 8 heteroatoms.